The van der Waals surface area contributed by atoms with E-state index in [1.54, 1.807) is 26.2 Å². The van der Waals surface area contributed by atoms with Crippen molar-refractivity contribution in [2.75, 3.05) is 27.9 Å². The number of rotatable bonds is 8. The van der Waals surface area contributed by atoms with Gasteiger partial charge in [0.05, 0.1) is 45.2 Å². The van der Waals surface area contributed by atoms with Gasteiger partial charge < -0.3 is 23.5 Å². The molecule has 0 amide bonds. The Morgan fingerprint density at radius 1 is 0.919 bits per heavy atom. The van der Waals surface area contributed by atoms with E-state index in [1.165, 1.54) is 26.4 Å². The Morgan fingerprint density at radius 3 is 2.35 bits per heavy atom. The van der Waals surface area contributed by atoms with Crippen molar-refractivity contribution >= 4 is 39.6 Å². The van der Waals surface area contributed by atoms with Crippen molar-refractivity contribution in [2.45, 2.75) is 13.5 Å². The van der Waals surface area contributed by atoms with Crippen LogP contribution in [0.5, 0.6) is 17.2 Å². The van der Waals surface area contributed by atoms with E-state index in [4.69, 9.17) is 18.9 Å². The molecule has 2 aromatic heterocycles. The first-order valence-corrected chi connectivity index (χ1v) is 12.2. The Hall–Kier alpha value is -4.18. The first-order chi connectivity index (χ1) is 18.0. The van der Waals surface area contributed by atoms with Crippen molar-refractivity contribution in [1.82, 2.24) is 13.3 Å². The van der Waals surface area contributed by atoms with E-state index in [9.17, 15) is 9.18 Å². The van der Waals surface area contributed by atoms with Crippen LogP contribution in [0.1, 0.15) is 23.0 Å². The van der Waals surface area contributed by atoms with Gasteiger partial charge in [0.1, 0.15) is 16.7 Å². The van der Waals surface area contributed by atoms with E-state index in [0.717, 1.165) is 28.3 Å². The maximum absolute atomic E-state index is 14.8. The normalized spacial score (nSPS) is 11.2. The first-order valence-electron chi connectivity index (χ1n) is 11.5. The van der Waals surface area contributed by atoms with Crippen molar-refractivity contribution in [3.8, 4) is 28.4 Å². The highest BCUT2D eigenvalue weighted by Crippen LogP contribution is 2.42. The number of carbonyl (C=O) groups excluding carboxylic acids is 1. The number of aromatic nitrogens is 3. The fraction of sp³-hybridized carbons (Fsp3) is 0.222. The van der Waals surface area contributed by atoms with Gasteiger partial charge in [-0.2, -0.15) is 8.75 Å². The summed E-state index contributed by atoms with van der Waals surface area (Å²) in [6, 6.07) is 14.0. The largest absolute Gasteiger partial charge is 0.494 e. The lowest BCUT2D eigenvalue weighted by Gasteiger charge is -2.13. The Morgan fingerprint density at radius 2 is 1.65 bits per heavy atom. The highest BCUT2D eigenvalue weighted by molar-refractivity contribution is 7.00. The molecule has 0 radical (unpaired) electrons. The van der Waals surface area contributed by atoms with Crippen LogP contribution < -0.4 is 14.2 Å². The zero-order valence-electron chi connectivity index (χ0n) is 20.7. The molecule has 0 unspecified atom stereocenters. The second-order valence-corrected chi connectivity index (χ2v) is 8.72. The van der Waals surface area contributed by atoms with Crippen LogP contribution >= 0.6 is 11.7 Å². The smallest absolute Gasteiger partial charge is 0.355 e. The number of methoxy groups -OCH3 is 3. The van der Waals surface area contributed by atoms with Crippen molar-refractivity contribution in [3.05, 3.63) is 65.6 Å². The molecule has 37 heavy (non-hydrogen) atoms. The number of esters is 1. The van der Waals surface area contributed by atoms with Crippen LogP contribution in [0.3, 0.4) is 0 Å². The number of hydrogen-bond donors (Lipinski definition) is 0. The molecule has 0 saturated carbocycles. The van der Waals surface area contributed by atoms with Gasteiger partial charge in [0.25, 0.3) is 0 Å². The lowest BCUT2D eigenvalue weighted by Crippen LogP contribution is -2.14. The lowest BCUT2D eigenvalue weighted by atomic mass is 10.0. The molecule has 190 valence electrons. The maximum atomic E-state index is 14.8. The Bertz CT molecular complexity index is 1630. The molecule has 0 aliphatic rings. The Labute approximate surface area is 216 Å². The topological polar surface area (TPSA) is 84.7 Å². The number of halogens is 1. The molecule has 8 nitrogen and oxygen atoms in total. The van der Waals surface area contributed by atoms with Gasteiger partial charge in [-0.05, 0) is 48.4 Å². The summed E-state index contributed by atoms with van der Waals surface area (Å²) in [6.07, 6.45) is 0. The Balaban J connectivity index is 1.83. The number of benzene rings is 3. The number of hydrogen-bond acceptors (Lipinski definition) is 8. The third-order valence-electron chi connectivity index (χ3n) is 6.14. The summed E-state index contributed by atoms with van der Waals surface area (Å²) in [4.78, 5) is 13.5. The molecule has 0 spiro atoms. The molecule has 0 aliphatic heterocycles. The average Bonchev–Trinajstić information content (AvgIpc) is 3.50. The van der Waals surface area contributed by atoms with Crippen molar-refractivity contribution in [1.29, 1.82) is 0 Å². The molecule has 0 N–H and O–H groups in total. The number of carbonyl (C=O) groups is 1. The quantitative estimate of drug-likeness (QED) is 0.242. The van der Waals surface area contributed by atoms with Gasteiger partial charge in [-0.25, -0.2) is 9.18 Å². The van der Waals surface area contributed by atoms with Crippen LogP contribution in [-0.2, 0) is 11.3 Å². The highest BCUT2D eigenvalue weighted by atomic mass is 32.1. The van der Waals surface area contributed by atoms with Gasteiger partial charge in [0.15, 0.2) is 23.1 Å². The predicted molar refractivity (Wildman–Crippen MR) is 139 cm³/mol. The van der Waals surface area contributed by atoms with E-state index >= 15 is 0 Å². The zero-order chi connectivity index (χ0) is 26.1. The van der Waals surface area contributed by atoms with E-state index < -0.39 is 11.8 Å². The van der Waals surface area contributed by atoms with E-state index in [0.29, 0.717) is 40.1 Å². The SMILES string of the molecule is CCOC(=O)c1c(-c2ccc(OC)c(F)c2)c2cc(OC)c(OC)cc2n1Cc1ccc2nsnc2c1. The summed E-state index contributed by atoms with van der Waals surface area (Å²) >= 11 is 1.14. The minimum Gasteiger partial charge on any atom is -0.494 e. The van der Waals surface area contributed by atoms with Gasteiger partial charge in [-0.1, -0.05) is 12.1 Å². The van der Waals surface area contributed by atoms with E-state index in [2.05, 4.69) is 8.75 Å². The molecule has 0 bridgehead atoms. The molecule has 0 fully saturated rings. The lowest BCUT2D eigenvalue weighted by molar-refractivity contribution is 0.0516. The van der Waals surface area contributed by atoms with Crippen LogP contribution in [0.25, 0.3) is 33.1 Å². The van der Waals surface area contributed by atoms with Crippen LogP contribution in [-0.4, -0.2) is 47.2 Å². The second kappa shape index (κ2) is 10.1. The molecular formula is C27H24FN3O5S. The van der Waals surface area contributed by atoms with Crippen molar-refractivity contribution in [3.63, 3.8) is 0 Å². The van der Waals surface area contributed by atoms with E-state index in [-0.39, 0.29) is 18.1 Å². The van der Waals surface area contributed by atoms with Crippen molar-refractivity contribution in [2.24, 2.45) is 0 Å². The van der Waals surface area contributed by atoms with Gasteiger partial charge in [-0.15, -0.1) is 0 Å². The molecule has 5 aromatic rings. The van der Waals surface area contributed by atoms with Crippen molar-refractivity contribution < 1.29 is 28.1 Å². The molecule has 0 saturated heterocycles. The highest BCUT2D eigenvalue weighted by Gasteiger charge is 2.27. The van der Waals surface area contributed by atoms with Gasteiger partial charge >= 0.3 is 5.97 Å². The second-order valence-electron chi connectivity index (χ2n) is 8.19. The summed E-state index contributed by atoms with van der Waals surface area (Å²) in [6.45, 7) is 2.25. The minimum absolute atomic E-state index is 0.106. The van der Waals surface area contributed by atoms with E-state index in [1.807, 2.05) is 28.8 Å². The summed E-state index contributed by atoms with van der Waals surface area (Å²) < 4.78 is 47.0. The molecule has 5 rings (SSSR count). The third-order valence-corrected chi connectivity index (χ3v) is 6.69. The maximum Gasteiger partial charge on any atom is 0.355 e. The van der Waals surface area contributed by atoms with Crippen LogP contribution in [0.15, 0.2) is 48.5 Å². The van der Waals surface area contributed by atoms with Gasteiger partial charge in [-0.3, -0.25) is 0 Å². The van der Waals surface area contributed by atoms with Crippen LogP contribution in [0.2, 0.25) is 0 Å². The molecule has 2 heterocycles. The first kappa shape index (κ1) is 24.5. The summed E-state index contributed by atoms with van der Waals surface area (Å²) in [7, 11) is 4.49. The van der Waals surface area contributed by atoms with Crippen LogP contribution in [0, 0.1) is 5.82 Å². The molecule has 0 aliphatic carbocycles. The Kier molecular flexibility index (Phi) is 6.66. The summed E-state index contributed by atoms with van der Waals surface area (Å²) in [5.74, 6) is 0.00932. The average molecular weight is 522 g/mol. The zero-order valence-corrected chi connectivity index (χ0v) is 21.5. The molecule has 10 heteroatoms. The predicted octanol–water partition coefficient (Wildman–Crippen LogP) is 5.70. The monoisotopic (exact) mass is 521 g/mol. The van der Waals surface area contributed by atoms with Gasteiger partial charge in [0, 0.05) is 23.6 Å². The number of nitrogens with zero attached hydrogens (tertiary/aromatic N) is 3. The van der Waals surface area contributed by atoms with Crippen LogP contribution in [0.4, 0.5) is 4.39 Å². The standard InChI is InChI=1S/C27H24FN3O5S/c1-5-36-27(32)26-25(16-7-9-22(33-2)18(28)11-16)17-12-23(34-3)24(35-4)13-21(17)31(26)14-15-6-8-19-20(10-15)30-37-29-19/h6-13H,5,14H2,1-4H3. The van der Waals surface area contributed by atoms with Gasteiger partial charge in [0.2, 0.25) is 0 Å². The number of ether oxygens (including phenoxy) is 4. The minimum atomic E-state index is -0.544. The fourth-order valence-corrected chi connectivity index (χ4v) is 4.99. The molecule has 3 aromatic carbocycles. The molecule has 0 atom stereocenters. The summed E-state index contributed by atoms with van der Waals surface area (Å²) in [5.41, 5.74) is 4.48. The third kappa shape index (κ3) is 4.33. The molecular weight excluding hydrogens is 497 g/mol. The number of fused-ring (bicyclic) bond motifs is 2. The summed E-state index contributed by atoms with van der Waals surface area (Å²) in [5, 5.41) is 0.682. The fourth-order valence-electron chi connectivity index (χ4n) is 4.47.